The van der Waals surface area contributed by atoms with Crippen LogP contribution in [0.5, 0.6) is 11.5 Å². The van der Waals surface area contributed by atoms with E-state index in [1.807, 2.05) is 32.3 Å². The number of aliphatic imine (C=N–C) groups is 1. The predicted octanol–water partition coefficient (Wildman–Crippen LogP) is 4.04. The molecule has 1 rings (SSSR count). The first-order chi connectivity index (χ1) is 12.8. The molecule has 3 N–H and O–H groups in total. The van der Waals surface area contributed by atoms with Crippen LogP contribution in [0.25, 0.3) is 0 Å². The van der Waals surface area contributed by atoms with Gasteiger partial charge in [-0.05, 0) is 51.1 Å². The van der Waals surface area contributed by atoms with E-state index in [0.29, 0.717) is 18.5 Å². The molecule has 2 unspecified atom stereocenters. The van der Waals surface area contributed by atoms with E-state index in [9.17, 15) is 0 Å². The van der Waals surface area contributed by atoms with E-state index in [1.54, 1.807) is 14.2 Å². The van der Waals surface area contributed by atoms with Crippen LogP contribution in [-0.2, 0) is 0 Å². The SMILES string of the molecule is COc1ccc(C(CN=C(N)NC(C)CCCC(C)C)N(C)C)cc1OC.I. The van der Waals surface area contributed by atoms with Crippen molar-refractivity contribution in [3.63, 3.8) is 0 Å². The smallest absolute Gasteiger partial charge is 0.188 e. The third-order valence-electron chi connectivity index (χ3n) is 4.66. The number of halogens is 1. The monoisotopic (exact) mass is 506 g/mol. The van der Waals surface area contributed by atoms with Gasteiger partial charge in [0.2, 0.25) is 0 Å². The molecule has 0 aromatic heterocycles. The molecule has 0 amide bonds. The van der Waals surface area contributed by atoms with Gasteiger partial charge in [0.05, 0.1) is 26.8 Å². The Bertz CT molecular complexity index is 594. The molecule has 0 saturated carbocycles. The van der Waals surface area contributed by atoms with E-state index in [2.05, 4.69) is 36.0 Å². The van der Waals surface area contributed by atoms with Crippen molar-refractivity contribution in [1.82, 2.24) is 10.2 Å². The number of nitrogens with zero attached hydrogens (tertiary/aromatic N) is 2. The molecule has 0 heterocycles. The van der Waals surface area contributed by atoms with E-state index in [4.69, 9.17) is 15.2 Å². The first-order valence-corrected chi connectivity index (χ1v) is 9.73. The minimum Gasteiger partial charge on any atom is -0.493 e. The number of ether oxygens (including phenoxy) is 2. The highest BCUT2D eigenvalue weighted by Gasteiger charge is 2.16. The number of hydrogen-bond donors (Lipinski definition) is 2. The van der Waals surface area contributed by atoms with Crippen molar-refractivity contribution in [1.29, 1.82) is 0 Å². The van der Waals surface area contributed by atoms with E-state index >= 15 is 0 Å². The number of likely N-dealkylation sites (N-methyl/N-ethyl adjacent to an activating group) is 1. The van der Waals surface area contributed by atoms with Crippen LogP contribution >= 0.6 is 24.0 Å². The molecular weight excluding hydrogens is 467 g/mol. The Morgan fingerprint density at radius 3 is 2.29 bits per heavy atom. The molecule has 6 nitrogen and oxygen atoms in total. The lowest BCUT2D eigenvalue weighted by atomic mass is 10.0. The van der Waals surface area contributed by atoms with Gasteiger partial charge < -0.3 is 25.4 Å². The highest BCUT2D eigenvalue weighted by molar-refractivity contribution is 14.0. The fourth-order valence-corrected chi connectivity index (χ4v) is 3.01. The molecule has 7 heteroatoms. The summed E-state index contributed by atoms with van der Waals surface area (Å²) in [6.07, 6.45) is 3.54. The van der Waals surface area contributed by atoms with Crippen molar-refractivity contribution >= 4 is 29.9 Å². The number of nitrogens with two attached hydrogens (primary N) is 1. The Morgan fingerprint density at radius 1 is 1.11 bits per heavy atom. The summed E-state index contributed by atoms with van der Waals surface area (Å²) in [4.78, 5) is 6.70. The van der Waals surface area contributed by atoms with Gasteiger partial charge in [-0.2, -0.15) is 0 Å². The first kappa shape index (κ1) is 26.8. The molecule has 2 atom stereocenters. The maximum absolute atomic E-state index is 6.11. The van der Waals surface area contributed by atoms with Gasteiger partial charge in [-0.3, -0.25) is 4.99 Å². The van der Waals surface area contributed by atoms with Crippen LogP contribution < -0.4 is 20.5 Å². The van der Waals surface area contributed by atoms with Gasteiger partial charge >= 0.3 is 0 Å². The first-order valence-electron chi connectivity index (χ1n) is 9.73. The van der Waals surface area contributed by atoms with Gasteiger partial charge in [-0.1, -0.05) is 32.8 Å². The molecule has 0 spiro atoms. The summed E-state index contributed by atoms with van der Waals surface area (Å²) < 4.78 is 10.7. The quantitative estimate of drug-likeness (QED) is 0.269. The van der Waals surface area contributed by atoms with Crippen molar-refractivity contribution in [3.8, 4) is 11.5 Å². The van der Waals surface area contributed by atoms with Crippen LogP contribution in [0.15, 0.2) is 23.2 Å². The van der Waals surface area contributed by atoms with Crippen LogP contribution in [0.3, 0.4) is 0 Å². The minimum absolute atomic E-state index is 0. The van der Waals surface area contributed by atoms with Crippen molar-refractivity contribution < 1.29 is 9.47 Å². The van der Waals surface area contributed by atoms with Crippen LogP contribution in [0, 0.1) is 5.92 Å². The Balaban J connectivity index is 0.00000729. The Kier molecular flexibility index (Phi) is 13.3. The molecule has 1 aromatic carbocycles. The Labute approximate surface area is 188 Å². The molecule has 1 aromatic rings. The summed E-state index contributed by atoms with van der Waals surface area (Å²) in [6.45, 7) is 7.23. The molecule has 0 saturated heterocycles. The lowest BCUT2D eigenvalue weighted by Gasteiger charge is -2.24. The van der Waals surface area contributed by atoms with Gasteiger partial charge in [0, 0.05) is 6.04 Å². The van der Waals surface area contributed by atoms with Gasteiger partial charge in [0.1, 0.15) is 0 Å². The zero-order chi connectivity index (χ0) is 20.4. The number of guanidine groups is 1. The van der Waals surface area contributed by atoms with E-state index < -0.39 is 0 Å². The molecule has 0 fully saturated rings. The predicted molar refractivity (Wildman–Crippen MR) is 129 cm³/mol. The Hall–Kier alpha value is -1.22. The fraction of sp³-hybridized carbons (Fsp3) is 0.667. The van der Waals surface area contributed by atoms with Crippen molar-refractivity contribution in [2.75, 3.05) is 34.9 Å². The number of rotatable bonds is 11. The van der Waals surface area contributed by atoms with Crippen molar-refractivity contribution in [2.24, 2.45) is 16.6 Å². The fourth-order valence-electron chi connectivity index (χ4n) is 3.01. The number of benzene rings is 1. The zero-order valence-electron chi connectivity index (χ0n) is 18.5. The average molecular weight is 506 g/mol. The standard InChI is InChI=1S/C21H38N4O2.HI/c1-15(2)9-8-10-16(3)24-21(22)23-14-18(25(4)5)17-11-12-19(26-6)20(13-17)27-7;/h11-13,15-16,18H,8-10,14H2,1-7H3,(H3,22,23,24);1H. The number of methoxy groups -OCH3 is 2. The molecule has 162 valence electrons. The molecular formula is C21H39IN4O2. The van der Waals surface area contributed by atoms with E-state index in [-0.39, 0.29) is 30.0 Å². The summed E-state index contributed by atoms with van der Waals surface area (Å²) in [6, 6.07) is 6.39. The van der Waals surface area contributed by atoms with E-state index in [0.717, 1.165) is 29.4 Å². The lowest BCUT2D eigenvalue weighted by Crippen LogP contribution is -2.39. The minimum atomic E-state index is 0. The van der Waals surface area contributed by atoms with Crippen LogP contribution in [0.1, 0.15) is 51.6 Å². The van der Waals surface area contributed by atoms with Crippen molar-refractivity contribution in [3.05, 3.63) is 23.8 Å². The van der Waals surface area contributed by atoms with Gasteiger partial charge in [0.15, 0.2) is 17.5 Å². The topological polar surface area (TPSA) is 72.1 Å². The Morgan fingerprint density at radius 2 is 1.75 bits per heavy atom. The third-order valence-corrected chi connectivity index (χ3v) is 4.66. The van der Waals surface area contributed by atoms with Crippen LogP contribution in [0.2, 0.25) is 0 Å². The second-order valence-corrected chi connectivity index (χ2v) is 7.69. The third kappa shape index (κ3) is 9.32. The maximum atomic E-state index is 6.11. The summed E-state index contributed by atoms with van der Waals surface area (Å²) >= 11 is 0. The van der Waals surface area contributed by atoms with Crippen LogP contribution in [0.4, 0.5) is 0 Å². The van der Waals surface area contributed by atoms with Gasteiger partial charge in [-0.15, -0.1) is 24.0 Å². The molecule has 0 aliphatic heterocycles. The van der Waals surface area contributed by atoms with E-state index in [1.165, 1.54) is 12.8 Å². The average Bonchev–Trinajstić information content (AvgIpc) is 2.60. The van der Waals surface area contributed by atoms with Crippen molar-refractivity contribution in [2.45, 2.75) is 52.1 Å². The molecule has 28 heavy (non-hydrogen) atoms. The lowest BCUT2D eigenvalue weighted by molar-refractivity contribution is 0.303. The second kappa shape index (κ2) is 13.9. The van der Waals surface area contributed by atoms with Gasteiger partial charge in [-0.25, -0.2) is 0 Å². The maximum Gasteiger partial charge on any atom is 0.188 e. The summed E-state index contributed by atoms with van der Waals surface area (Å²) in [5.74, 6) is 2.68. The normalized spacial score (nSPS) is 13.8. The summed E-state index contributed by atoms with van der Waals surface area (Å²) in [7, 11) is 7.36. The summed E-state index contributed by atoms with van der Waals surface area (Å²) in [5, 5.41) is 3.30. The van der Waals surface area contributed by atoms with Gasteiger partial charge in [0.25, 0.3) is 0 Å². The zero-order valence-corrected chi connectivity index (χ0v) is 20.8. The largest absolute Gasteiger partial charge is 0.493 e. The van der Waals surface area contributed by atoms with Crippen LogP contribution in [-0.4, -0.2) is 51.8 Å². The molecule has 0 aliphatic carbocycles. The molecule has 0 aliphatic rings. The highest BCUT2D eigenvalue weighted by Crippen LogP contribution is 2.31. The second-order valence-electron chi connectivity index (χ2n) is 7.69. The summed E-state index contributed by atoms with van der Waals surface area (Å²) in [5.41, 5.74) is 7.22. The molecule has 0 bridgehead atoms. The number of hydrogen-bond acceptors (Lipinski definition) is 4. The highest BCUT2D eigenvalue weighted by atomic mass is 127. The number of nitrogens with one attached hydrogen (secondary N) is 1. The molecule has 0 radical (unpaired) electrons.